The van der Waals surface area contributed by atoms with E-state index in [4.69, 9.17) is 0 Å². The molecular weight excluding hydrogens is 238 g/mol. The monoisotopic (exact) mass is 265 g/mol. The minimum Gasteiger partial charge on any atom is -0.352 e. The standard InChI is InChI=1S/C15H27N3O/c1-2-8-16-15(19)13-17-9-6-7-14(12-17)18-10-4-3-5-11-18/h2,14H,1,3-13H2,(H,16,19)/t14-/m0/s1. The Morgan fingerprint density at radius 2 is 2.00 bits per heavy atom. The van der Waals surface area contributed by atoms with Crippen LogP contribution in [-0.2, 0) is 4.79 Å². The van der Waals surface area contributed by atoms with Crippen molar-refractivity contribution in [2.75, 3.05) is 39.3 Å². The summed E-state index contributed by atoms with van der Waals surface area (Å²) in [5, 5.41) is 2.86. The van der Waals surface area contributed by atoms with Gasteiger partial charge in [0.1, 0.15) is 0 Å². The molecule has 2 fully saturated rings. The quantitative estimate of drug-likeness (QED) is 0.760. The number of rotatable bonds is 5. The molecular formula is C15H27N3O. The Hall–Kier alpha value is -0.870. The molecule has 19 heavy (non-hydrogen) atoms. The van der Waals surface area contributed by atoms with Gasteiger partial charge in [-0.05, 0) is 45.3 Å². The Morgan fingerprint density at radius 3 is 2.74 bits per heavy atom. The first kappa shape index (κ1) is 14.5. The molecule has 0 saturated carbocycles. The largest absolute Gasteiger partial charge is 0.352 e. The molecule has 1 N–H and O–H groups in total. The highest BCUT2D eigenvalue weighted by molar-refractivity contribution is 5.78. The lowest BCUT2D eigenvalue weighted by Gasteiger charge is -2.40. The maximum atomic E-state index is 11.7. The van der Waals surface area contributed by atoms with Crippen LogP contribution in [0.15, 0.2) is 12.7 Å². The molecule has 1 amide bonds. The lowest BCUT2D eigenvalue weighted by Crippen LogP contribution is -2.51. The van der Waals surface area contributed by atoms with Gasteiger partial charge in [0.05, 0.1) is 6.54 Å². The maximum absolute atomic E-state index is 11.7. The highest BCUT2D eigenvalue weighted by atomic mass is 16.2. The molecule has 2 heterocycles. The molecule has 0 aliphatic carbocycles. The van der Waals surface area contributed by atoms with E-state index in [0.717, 1.165) is 13.1 Å². The third kappa shape index (κ3) is 4.62. The van der Waals surface area contributed by atoms with Crippen LogP contribution in [-0.4, -0.2) is 61.0 Å². The van der Waals surface area contributed by atoms with Crippen LogP contribution in [0.5, 0.6) is 0 Å². The lowest BCUT2D eigenvalue weighted by atomic mass is 10.0. The van der Waals surface area contributed by atoms with Gasteiger partial charge in [0.15, 0.2) is 0 Å². The molecule has 2 saturated heterocycles. The molecule has 2 rings (SSSR count). The van der Waals surface area contributed by atoms with Gasteiger partial charge in [0, 0.05) is 19.1 Å². The van der Waals surface area contributed by atoms with Gasteiger partial charge in [-0.25, -0.2) is 0 Å². The number of carbonyl (C=O) groups excluding carboxylic acids is 1. The highest BCUT2D eigenvalue weighted by Gasteiger charge is 2.26. The van der Waals surface area contributed by atoms with Crippen molar-refractivity contribution in [2.45, 2.75) is 38.1 Å². The Bertz CT molecular complexity index is 300. The fraction of sp³-hybridized carbons (Fsp3) is 0.800. The molecule has 0 radical (unpaired) electrons. The summed E-state index contributed by atoms with van der Waals surface area (Å²) < 4.78 is 0. The predicted molar refractivity (Wildman–Crippen MR) is 78.1 cm³/mol. The van der Waals surface area contributed by atoms with Crippen LogP contribution in [0.4, 0.5) is 0 Å². The van der Waals surface area contributed by atoms with Crippen LogP contribution < -0.4 is 5.32 Å². The van der Waals surface area contributed by atoms with Gasteiger partial charge in [-0.2, -0.15) is 0 Å². The summed E-state index contributed by atoms with van der Waals surface area (Å²) in [5.41, 5.74) is 0. The van der Waals surface area contributed by atoms with E-state index in [1.54, 1.807) is 6.08 Å². The molecule has 4 heteroatoms. The number of piperidine rings is 2. The number of hydrogen-bond donors (Lipinski definition) is 1. The summed E-state index contributed by atoms with van der Waals surface area (Å²) in [6.07, 6.45) is 8.31. The Balaban J connectivity index is 1.76. The molecule has 4 nitrogen and oxygen atoms in total. The summed E-state index contributed by atoms with van der Waals surface area (Å²) in [7, 11) is 0. The molecule has 2 aliphatic rings. The van der Waals surface area contributed by atoms with Gasteiger partial charge in [-0.15, -0.1) is 6.58 Å². The summed E-state index contributed by atoms with van der Waals surface area (Å²) in [4.78, 5) is 16.7. The van der Waals surface area contributed by atoms with Crippen molar-refractivity contribution in [1.82, 2.24) is 15.1 Å². The van der Waals surface area contributed by atoms with Gasteiger partial charge in [-0.3, -0.25) is 14.6 Å². The zero-order valence-electron chi connectivity index (χ0n) is 11.9. The van der Waals surface area contributed by atoms with E-state index in [-0.39, 0.29) is 5.91 Å². The first-order valence-electron chi connectivity index (χ1n) is 7.63. The summed E-state index contributed by atoms with van der Waals surface area (Å²) in [5.74, 6) is 0.124. The van der Waals surface area contributed by atoms with Crippen LogP contribution in [0.2, 0.25) is 0 Å². The number of likely N-dealkylation sites (tertiary alicyclic amines) is 2. The number of nitrogens with zero attached hydrogens (tertiary/aromatic N) is 2. The second-order valence-corrected chi connectivity index (χ2v) is 5.72. The van der Waals surface area contributed by atoms with Crippen LogP contribution in [0.1, 0.15) is 32.1 Å². The van der Waals surface area contributed by atoms with Gasteiger partial charge >= 0.3 is 0 Å². The Kier molecular flexibility index (Phi) is 5.86. The molecule has 0 bridgehead atoms. The molecule has 1 atom stereocenters. The van der Waals surface area contributed by atoms with Gasteiger partial charge < -0.3 is 5.32 Å². The van der Waals surface area contributed by atoms with E-state index in [9.17, 15) is 4.79 Å². The van der Waals surface area contributed by atoms with Gasteiger partial charge in [-0.1, -0.05) is 12.5 Å². The van der Waals surface area contributed by atoms with E-state index in [0.29, 0.717) is 19.1 Å². The molecule has 0 aromatic carbocycles. The second kappa shape index (κ2) is 7.65. The van der Waals surface area contributed by atoms with Crippen molar-refractivity contribution in [1.29, 1.82) is 0 Å². The minimum atomic E-state index is 0.124. The van der Waals surface area contributed by atoms with Crippen molar-refractivity contribution >= 4 is 5.91 Å². The minimum absolute atomic E-state index is 0.124. The zero-order valence-corrected chi connectivity index (χ0v) is 11.9. The van der Waals surface area contributed by atoms with E-state index in [1.807, 2.05) is 0 Å². The summed E-state index contributed by atoms with van der Waals surface area (Å²) in [6.45, 7) is 9.35. The fourth-order valence-electron chi connectivity index (χ4n) is 3.20. The number of hydrogen-bond acceptors (Lipinski definition) is 3. The van der Waals surface area contributed by atoms with Crippen LogP contribution in [0, 0.1) is 0 Å². The van der Waals surface area contributed by atoms with Crippen LogP contribution in [0.25, 0.3) is 0 Å². The average Bonchev–Trinajstić information content (AvgIpc) is 2.46. The van der Waals surface area contributed by atoms with Crippen LogP contribution in [0.3, 0.4) is 0 Å². The molecule has 108 valence electrons. The number of nitrogens with one attached hydrogen (secondary N) is 1. The first-order valence-corrected chi connectivity index (χ1v) is 7.63. The van der Waals surface area contributed by atoms with Gasteiger partial charge in [0.2, 0.25) is 5.91 Å². The molecule has 0 aromatic heterocycles. The van der Waals surface area contributed by atoms with Crippen molar-refractivity contribution in [3.63, 3.8) is 0 Å². The third-order valence-electron chi connectivity index (χ3n) is 4.20. The van der Waals surface area contributed by atoms with Crippen molar-refractivity contribution in [3.8, 4) is 0 Å². The third-order valence-corrected chi connectivity index (χ3v) is 4.20. The maximum Gasteiger partial charge on any atom is 0.234 e. The molecule has 0 spiro atoms. The lowest BCUT2D eigenvalue weighted by molar-refractivity contribution is -0.122. The van der Waals surface area contributed by atoms with E-state index in [2.05, 4.69) is 21.7 Å². The smallest absolute Gasteiger partial charge is 0.234 e. The van der Waals surface area contributed by atoms with Crippen molar-refractivity contribution in [2.24, 2.45) is 0 Å². The second-order valence-electron chi connectivity index (χ2n) is 5.72. The average molecular weight is 265 g/mol. The predicted octanol–water partition coefficient (Wildman–Crippen LogP) is 1.24. The highest BCUT2D eigenvalue weighted by Crippen LogP contribution is 2.19. The van der Waals surface area contributed by atoms with Gasteiger partial charge in [0.25, 0.3) is 0 Å². The van der Waals surface area contributed by atoms with E-state index >= 15 is 0 Å². The number of carbonyl (C=O) groups is 1. The van der Waals surface area contributed by atoms with Crippen LogP contribution >= 0.6 is 0 Å². The van der Waals surface area contributed by atoms with E-state index < -0.39 is 0 Å². The summed E-state index contributed by atoms with van der Waals surface area (Å²) in [6, 6.07) is 0.668. The summed E-state index contributed by atoms with van der Waals surface area (Å²) >= 11 is 0. The SMILES string of the molecule is C=CCNC(=O)CN1CCC[C@H](N2CCCCC2)C1. The molecule has 0 aromatic rings. The Labute approximate surface area is 116 Å². The topological polar surface area (TPSA) is 35.6 Å². The zero-order chi connectivity index (χ0) is 13.5. The first-order chi connectivity index (χ1) is 9.29. The van der Waals surface area contributed by atoms with E-state index in [1.165, 1.54) is 45.2 Å². The Morgan fingerprint density at radius 1 is 1.21 bits per heavy atom. The van der Waals surface area contributed by atoms with Crippen molar-refractivity contribution in [3.05, 3.63) is 12.7 Å². The number of amides is 1. The molecule has 0 unspecified atom stereocenters. The van der Waals surface area contributed by atoms with Crippen molar-refractivity contribution < 1.29 is 4.79 Å². The normalized spacial score (nSPS) is 26.0. The molecule has 2 aliphatic heterocycles. The fourth-order valence-corrected chi connectivity index (χ4v) is 3.20.